The molecule has 0 aliphatic rings. The second kappa shape index (κ2) is 6.08. The van der Waals surface area contributed by atoms with Crippen molar-refractivity contribution in [2.24, 2.45) is 0 Å². The monoisotopic (exact) mass is 299 g/mol. The number of aromatic nitrogens is 2. The number of halogens is 1. The molecule has 7 heteroatoms. The summed E-state index contributed by atoms with van der Waals surface area (Å²) in [4.78, 5) is 3.95. The number of anilines is 1. The highest BCUT2D eigenvalue weighted by Crippen LogP contribution is 2.20. The average Bonchev–Trinajstić information content (AvgIpc) is 2.90. The third-order valence-electron chi connectivity index (χ3n) is 2.50. The second-order valence-electron chi connectivity index (χ2n) is 3.95. The van der Waals surface area contributed by atoms with Crippen LogP contribution >= 0.6 is 11.6 Å². The summed E-state index contributed by atoms with van der Waals surface area (Å²) in [5.74, 6) is 0.332. The van der Waals surface area contributed by atoms with E-state index in [0.29, 0.717) is 18.0 Å². The van der Waals surface area contributed by atoms with Gasteiger partial charge in [-0.25, -0.2) is 13.4 Å². The molecule has 0 saturated carbocycles. The minimum absolute atomic E-state index is 0.00869. The van der Waals surface area contributed by atoms with Crippen LogP contribution in [0.15, 0.2) is 43.0 Å². The third kappa shape index (κ3) is 3.71. The van der Waals surface area contributed by atoms with Gasteiger partial charge in [0.15, 0.2) is 0 Å². The van der Waals surface area contributed by atoms with Crippen molar-refractivity contribution in [1.82, 2.24) is 9.55 Å². The van der Waals surface area contributed by atoms with Crippen LogP contribution in [0.5, 0.6) is 0 Å². The number of alkyl halides is 1. The minimum Gasteiger partial charge on any atom is -0.304 e. The predicted octanol–water partition coefficient (Wildman–Crippen LogP) is 2.24. The van der Waals surface area contributed by atoms with E-state index in [-0.39, 0.29) is 5.75 Å². The van der Waals surface area contributed by atoms with Crippen molar-refractivity contribution >= 4 is 27.3 Å². The fraction of sp³-hybridized carbons (Fsp3) is 0.250. The molecule has 0 amide bonds. The Morgan fingerprint density at radius 3 is 2.79 bits per heavy atom. The molecule has 2 aromatic rings. The summed E-state index contributed by atoms with van der Waals surface area (Å²) in [5.41, 5.74) is 1.25. The lowest BCUT2D eigenvalue weighted by atomic mass is 10.3. The maximum Gasteiger partial charge on any atom is 0.232 e. The lowest BCUT2D eigenvalue weighted by molar-refractivity contribution is 0.600. The van der Waals surface area contributed by atoms with Crippen molar-refractivity contribution in [2.75, 3.05) is 16.4 Å². The zero-order valence-electron chi connectivity index (χ0n) is 10.2. The van der Waals surface area contributed by atoms with E-state index in [4.69, 9.17) is 11.6 Å². The van der Waals surface area contributed by atoms with Crippen molar-refractivity contribution in [3.05, 3.63) is 43.0 Å². The molecule has 0 bridgehead atoms. The molecule has 0 unspecified atom stereocenters. The molecule has 0 aliphatic carbocycles. The van der Waals surface area contributed by atoms with Gasteiger partial charge in [0.05, 0.1) is 23.5 Å². The van der Waals surface area contributed by atoms with Gasteiger partial charge in [-0.15, -0.1) is 11.6 Å². The van der Waals surface area contributed by atoms with Crippen LogP contribution in [0, 0.1) is 0 Å². The van der Waals surface area contributed by atoms with Crippen LogP contribution in [-0.2, 0) is 10.0 Å². The first-order valence-electron chi connectivity index (χ1n) is 5.76. The number of nitrogens with one attached hydrogen (secondary N) is 1. The maximum absolute atomic E-state index is 11.9. The number of imidazole rings is 1. The molecule has 0 aliphatic heterocycles. The average molecular weight is 300 g/mol. The summed E-state index contributed by atoms with van der Waals surface area (Å²) in [6, 6.07) is 7.15. The van der Waals surface area contributed by atoms with Gasteiger partial charge in [-0.1, -0.05) is 12.1 Å². The number of rotatable bonds is 6. The Bertz CT molecular complexity index is 626. The van der Waals surface area contributed by atoms with E-state index in [1.807, 2.05) is 12.1 Å². The molecule has 19 heavy (non-hydrogen) atoms. The molecule has 2 rings (SSSR count). The van der Waals surface area contributed by atoms with Gasteiger partial charge in [-0.2, -0.15) is 0 Å². The van der Waals surface area contributed by atoms with Gasteiger partial charge >= 0.3 is 0 Å². The highest BCUT2D eigenvalue weighted by Gasteiger charge is 2.12. The zero-order chi connectivity index (χ0) is 13.7. The van der Waals surface area contributed by atoms with Crippen LogP contribution in [0.1, 0.15) is 6.42 Å². The molecule has 0 radical (unpaired) electrons. The molecule has 0 atom stereocenters. The van der Waals surface area contributed by atoms with Gasteiger partial charge in [-0.3, -0.25) is 4.72 Å². The summed E-state index contributed by atoms with van der Waals surface area (Å²) in [5, 5.41) is 0. The number of hydrogen-bond donors (Lipinski definition) is 1. The molecular weight excluding hydrogens is 286 g/mol. The number of benzene rings is 1. The molecule has 102 valence electrons. The summed E-state index contributed by atoms with van der Waals surface area (Å²) in [6.07, 6.45) is 5.43. The fourth-order valence-corrected chi connectivity index (χ4v) is 3.08. The minimum atomic E-state index is -3.38. The Hall–Kier alpha value is -1.53. The van der Waals surface area contributed by atoms with Crippen molar-refractivity contribution in [3.8, 4) is 5.69 Å². The van der Waals surface area contributed by atoms with Gasteiger partial charge < -0.3 is 4.57 Å². The summed E-state index contributed by atoms with van der Waals surface area (Å²) in [7, 11) is -3.38. The SMILES string of the molecule is O=S(=O)(CCCCl)Nc1ccccc1-n1ccnc1. The smallest absolute Gasteiger partial charge is 0.232 e. The quantitative estimate of drug-likeness (QED) is 0.832. The second-order valence-corrected chi connectivity index (χ2v) is 6.17. The Balaban J connectivity index is 2.26. The van der Waals surface area contributed by atoms with Crippen LogP contribution in [0.3, 0.4) is 0 Å². The first kappa shape index (κ1) is 13.9. The van der Waals surface area contributed by atoms with E-state index in [2.05, 4.69) is 9.71 Å². The van der Waals surface area contributed by atoms with Crippen LogP contribution in [0.4, 0.5) is 5.69 Å². The first-order valence-corrected chi connectivity index (χ1v) is 7.95. The van der Waals surface area contributed by atoms with Gasteiger partial charge in [0.1, 0.15) is 0 Å². The van der Waals surface area contributed by atoms with Gasteiger partial charge in [0.25, 0.3) is 0 Å². The number of para-hydroxylation sites is 2. The highest BCUT2D eigenvalue weighted by molar-refractivity contribution is 7.92. The Morgan fingerprint density at radius 2 is 2.11 bits per heavy atom. The Labute approximate surface area is 117 Å². The Kier molecular flexibility index (Phi) is 4.44. The maximum atomic E-state index is 11.9. The number of sulfonamides is 1. The normalized spacial score (nSPS) is 11.4. The van der Waals surface area contributed by atoms with E-state index >= 15 is 0 Å². The summed E-state index contributed by atoms with van der Waals surface area (Å²) < 4.78 is 28.1. The first-order chi connectivity index (χ1) is 9.12. The fourth-order valence-electron chi connectivity index (χ4n) is 1.65. The van der Waals surface area contributed by atoms with E-state index < -0.39 is 10.0 Å². The summed E-state index contributed by atoms with van der Waals surface area (Å²) >= 11 is 5.52. The standard InChI is InChI=1S/C12H14ClN3O2S/c13-6-3-9-19(17,18)15-11-4-1-2-5-12(11)16-8-7-14-10-16/h1-2,4-5,7-8,10,15H,3,6,9H2. The van der Waals surface area contributed by atoms with Gasteiger partial charge in [0, 0.05) is 18.3 Å². The Morgan fingerprint density at radius 1 is 1.32 bits per heavy atom. The largest absolute Gasteiger partial charge is 0.304 e. The number of hydrogen-bond acceptors (Lipinski definition) is 3. The summed E-state index contributed by atoms with van der Waals surface area (Å²) in [6.45, 7) is 0. The highest BCUT2D eigenvalue weighted by atomic mass is 35.5. The van der Waals surface area contributed by atoms with Crippen LogP contribution in [0.25, 0.3) is 5.69 Å². The molecule has 0 spiro atoms. The van der Waals surface area contributed by atoms with E-state index in [1.165, 1.54) is 0 Å². The van der Waals surface area contributed by atoms with Crippen LogP contribution in [0.2, 0.25) is 0 Å². The van der Waals surface area contributed by atoms with Crippen molar-refractivity contribution in [1.29, 1.82) is 0 Å². The van der Waals surface area contributed by atoms with Gasteiger partial charge in [0.2, 0.25) is 10.0 Å². The molecule has 1 heterocycles. The number of nitrogens with zero attached hydrogens (tertiary/aromatic N) is 2. The van der Waals surface area contributed by atoms with Gasteiger partial charge in [-0.05, 0) is 18.6 Å². The zero-order valence-corrected chi connectivity index (χ0v) is 11.7. The molecule has 1 aromatic carbocycles. The van der Waals surface area contributed by atoms with Crippen molar-refractivity contribution < 1.29 is 8.42 Å². The predicted molar refractivity (Wildman–Crippen MR) is 76.3 cm³/mol. The molecule has 5 nitrogen and oxygen atoms in total. The van der Waals surface area contributed by atoms with Crippen molar-refractivity contribution in [2.45, 2.75) is 6.42 Å². The molecular formula is C12H14ClN3O2S. The van der Waals surface area contributed by atoms with Crippen LogP contribution < -0.4 is 4.72 Å². The molecule has 0 fully saturated rings. The van der Waals surface area contributed by atoms with E-state index in [1.54, 1.807) is 35.4 Å². The lowest BCUT2D eigenvalue weighted by Gasteiger charge is -2.12. The molecule has 1 N–H and O–H groups in total. The lowest BCUT2D eigenvalue weighted by Crippen LogP contribution is -2.18. The van der Waals surface area contributed by atoms with Crippen LogP contribution in [-0.4, -0.2) is 29.6 Å². The van der Waals surface area contributed by atoms with E-state index in [9.17, 15) is 8.42 Å². The molecule has 1 aromatic heterocycles. The molecule has 0 saturated heterocycles. The van der Waals surface area contributed by atoms with Crippen molar-refractivity contribution in [3.63, 3.8) is 0 Å². The topological polar surface area (TPSA) is 64.0 Å². The van der Waals surface area contributed by atoms with E-state index in [0.717, 1.165) is 5.69 Å². The third-order valence-corrected chi connectivity index (χ3v) is 4.12.